The number of hydrogen-bond acceptors (Lipinski definition) is 5. The van der Waals surface area contributed by atoms with Crippen LogP contribution in [0, 0.1) is 18.3 Å². The minimum Gasteiger partial charge on any atom is -0.490 e. The van der Waals surface area contributed by atoms with Crippen molar-refractivity contribution < 1.29 is 19.0 Å². The fraction of sp³-hybridized carbons (Fsp3) is 0.152. The molecule has 4 aromatic carbocycles. The van der Waals surface area contributed by atoms with Crippen LogP contribution < -0.4 is 19.5 Å². The van der Waals surface area contributed by atoms with Crippen LogP contribution in [-0.2, 0) is 18.0 Å². The summed E-state index contributed by atoms with van der Waals surface area (Å²) in [5.74, 6) is 0.950. The smallest absolute Gasteiger partial charge is 0.266 e. The number of carbonyl (C=O) groups excluding carboxylic acids is 1. The zero-order valence-electron chi connectivity index (χ0n) is 22.3. The molecule has 0 saturated carbocycles. The maximum Gasteiger partial charge on any atom is 0.266 e. The van der Waals surface area contributed by atoms with Gasteiger partial charge in [-0.25, -0.2) is 0 Å². The van der Waals surface area contributed by atoms with Crippen LogP contribution in [0.2, 0.25) is 5.02 Å². The van der Waals surface area contributed by atoms with E-state index >= 15 is 0 Å². The molecule has 202 valence electrons. The molecular weight excluding hydrogens is 524 g/mol. The van der Waals surface area contributed by atoms with Gasteiger partial charge in [0.2, 0.25) is 0 Å². The van der Waals surface area contributed by atoms with Crippen molar-refractivity contribution >= 4 is 29.3 Å². The van der Waals surface area contributed by atoms with Crippen LogP contribution >= 0.6 is 11.6 Å². The van der Waals surface area contributed by atoms with Gasteiger partial charge in [0.15, 0.2) is 11.5 Å². The van der Waals surface area contributed by atoms with Gasteiger partial charge < -0.3 is 19.5 Å². The Hall–Kier alpha value is -4.73. The first kappa shape index (κ1) is 28.3. The molecule has 40 heavy (non-hydrogen) atoms. The van der Waals surface area contributed by atoms with Crippen LogP contribution in [0.4, 0.5) is 5.69 Å². The third-order valence-electron chi connectivity index (χ3n) is 5.87. The Kier molecular flexibility index (Phi) is 9.82. The summed E-state index contributed by atoms with van der Waals surface area (Å²) in [5, 5.41) is 12.8. The number of nitriles is 1. The number of ether oxygens (including phenoxy) is 3. The molecule has 4 aromatic rings. The minimum absolute atomic E-state index is 0.0868. The van der Waals surface area contributed by atoms with Gasteiger partial charge in [0.05, 0.1) is 11.6 Å². The Labute approximate surface area is 239 Å². The Bertz CT molecular complexity index is 1510. The maximum atomic E-state index is 12.9. The average Bonchev–Trinajstić information content (AvgIpc) is 2.96. The molecule has 1 amide bonds. The fourth-order valence-corrected chi connectivity index (χ4v) is 4.08. The van der Waals surface area contributed by atoms with Crippen molar-refractivity contribution in [2.75, 3.05) is 11.9 Å². The summed E-state index contributed by atoms with van der Waals surface area (Å²) in [7, 11) is 0. The largest absolute Gasteiger partial charge is 0.490 e. The van der Waals surface area contributed by atoms with Gasteiger partial charge in [0, 0.05) is 5.69 Å². The molecule has 0 unspecified atom stereocenters. The second kappa shape index (κ2) is 13.9. The molecule has 4 rings (SSSR count). The highest BCUT2D eigenvalue weighted by Crippen LogP contribution is 2.38. The van der Waals surface area contributed by atoms with Crippen molar-refractivity contribution in [1.82, 2.24) is 0 Å². The molecule has 0 atom stereocenters. The van der Waals surface area contributed by atoms with Crippen LogP contribution in [0.3, 0.4) is 0 Å². The zero-order chi connectivity index (χ0) is 28.3. The van der Waals surface area contributed by atoms with E-state index < -0.39 is 5.91 Å². The fourth-order valence-electron chi connectivity index (χ4n) is 3.80. The number of aryl methyl sites for hydroxylation is 1. The normalized spacial score (nSPS) is 10.9. The summed E-state index contributed by atoms with van der Waals surface area (Å²) in [4.78, 5) is 12.9. The Morgan fingerprint density at radius 2 is 1.57 bits per heavy atom. The number of carbonyl (C=O) groups is 1. The van der Waals surface area contributed by atoms with E-state index in [9.17, 15) is 10.1 Å². The van der Waals surface area contributed by atoms with Gasteiger partial charge in [-0.3, -0.25) is 4.79 Å². The number of hydrogen-bond donors (Lipinski definition) is 1. The molecule has 0 aromatic heterocycles. The quantitative estimate of drug-likeness (QED) is 0.152. The maximum absolute atomic E-state index is 12.9. The summed E-state index contributed by atoms with van der Waals surface area (Å²) in [6.45, 7) is 5.02. The highest BCUT2D eigenvalue weighted by Gasteiger charge is 2.15. The second-order valence-electron chi connectivity index (χ2n) is 8.96. The van der Waals surface area contributed by atoms with Gasteiger partial charge >= 0.3 is 0 Å². The lowest BCUT2D eigenvalue weighted by atomic mass is 10.1. The van der Waals surface area contributed by atoms with Crippen LogP contribution in [-0.4, -0.2) is 12.5 Å². The first-order chi connectivity index (χ1) is 19.4. The monoisotopic (exact) mass is 552 g/mol. The number of nitrogens with one attached hydrogen (secondary N) is 1. The van der Waals surface area contributed by atoms with E-state index in [1.165, 1.54) is 6.08 Å². The van der Waals surface area contributed by atoms with E-state index in [1.807, 2.05) is 74.5 Å². The van der Waals surface area contributed by atoms with Gasteiger partial charge in [0.1, 0.15) is 30.6 Å². The number of nitrogens with zero attached hydrogens (tertiary/aromatic N) is 1. The summed E-state index contributed by atoms with van der Waals surface area (Å²) < 4.78 is 17.5. The number of benzene rings is 4. The summed E-state index contributed by atoms with van der Waals surface area (Å²) in [5.41, 5.74) is 4.19. The molecule has 0 spiro atoms. The van der Waals surface area contributed by atoms with Crippen LogP contribution in [0.5, 0.6) is 17.2 Å². The molecule has 0 saturated heterocycles. The lowest BCUT2D eigenvalue weighted by Crippen LogP contribution is -2.13. The summed E-state index contributed by atoms with van der Waals surface area (Å²) >= 11 is 6.55. The Balaban J connectivity index is 1.44. The number of anilines is 1. The van der Waals surface area contributed by atoms with Gasteiger partial charge in [-0.1, -0.05) is 71.8 Å². The highest BCUT2D eigenvalue weighted by atomic mass is 35.5. The molecular formula is C33H29ClN2O4. The van der Waals surface area contributed by atoms with E-state index in [2.05, 4.69) is 5.32 Å². The van der Waals surface area contributed by atoms with Crippen molar-refractivity contribution in [2.24, 2.45) is 0 Å². The Morgan fingerprint density at radius 3 is 2.25 bits per heavy atom. The Morgan fingerprint density at radius 1 is 0.900 bits per heavy atom. The van der Waals surface area contributed by atoms with Crippen molar-refractivity contribution in [3.8, 4) is 23.3 Å². The zero-order valence-corrected chi connectivity index (χ0v) is 23.1. The third kappa shape index (κ3) is 7.89. The number of halogens is 1. The van der Waals surface area contributed by atoms with Gasteiger partial charge in [-0.15, -0.1) is 0 Å². The van der Waals surface area contributed by atoms with Crippen molar-refractivity contribution in [1.29, 1.82) is 5.26 Å². The standard InChI is InChI=1S/C33H29ClN2O4/c1-3-38-31-19-26(18-30(34)32(31)40-22-25-11-9-23(2)10-12-25)17-27(20-35)33(37)36-28-13-15-29(16-14-28)39-21-24-7-5-4-6-8-24/h4-19H,3,21-22H2,1-2H3,(H,36,37)/b27-17+. The molecule has 0 bridgehead atoms. The highest BCUT2D eigenvalue weighted by molar-refractivity contribution is 6.32. The minimum atomic E-state index is -0.547. The lowest BCUT2D eigenvalue weighted by Gasteiger charge is -2.15. The van der Waals surface area contributed by atoms with Gasteiger partial charge in [-0.2, -0.15) is 5.26 Å². The number of rotatable bonds is 11. The van der Waals surface area contributed by atoms with Crippen LogP contribution in [0.25, 0.3) is 6.08 Å². The second-order valence-corrected chi connectivity index (χ2v) is 9.37. The van der Waals surface area contributed by atoms with E-state index in [4.69, 9.17) is 25.8 Å². The van der Waals surface area contributed by atoms with E-state index in [1.54, 1.807) is 36.4 Å². The lowest BCUT2D eigenvalue weighted by molar-refractivity contribution is -0.112. The van der Waals surface area contributed by atoms with Crippen LogP contribution in [0.1, 0.15) is 29.2 Å². The molecule has 0 aliphatic heterocycles. The molecule has 0 heterocycles. The van der Waals surface area contributed by atoms with E-state index in [0.29, 0.717) is 53.3 Å². The summed E-state index contributed by atoms with van der Waals surface area (Å²) in [6, 6.07) is 30.1. The van der Waals surface area contributed by atoms with E-state index in [-0.39, 0.29) is 5.57 Å². The molecule has 1 N–H and O–H groups in total. The summed E-state index contributed by atoms with van der Waals surface area (Å²) in [6.07, 6.45) is 1.46. The molecule has 0 radical (unpaired) electrons. The van der Waals surface area contributed by atoms with Crippen molar-refractivity contribution in [2.45, 2.75) is 27.1 Å². The first-order valence-corrected chi connectivity index (χ1v) is 13.2. The van der Waals surface area contributed by atoms with Crippen molar-refractivity contribution in [3.05, 3.63) is 124 Å². The predicted molar refractivity (Wildman–Crippen MR) is 158 cm³/mol. The molecule has 0 fully saturated rings. The first-order valence-electron chi connectivity index (χ1n) is 12.8. The molecule has 0 aliphatic carbocycles. The topological polar surface area (TPSA) is 80.6 Å². The molecule has 7 heteroatoms. The van der Waals surface area contributed by atoms with Crippen molar-refractivity contribution in [3.63, 3.8) is 0 Å². The van der Waals surface area contributed by atoms with Crippen LogP contribution in [0.15, 0.2) is 96.6 Å². The predicted octanol–water partition coefficient (Wildman–Crippen LogP) is 7.75. The average molecular weight is 553 g/mol. The van der Waals surface area contributed by atoms with Gasteiger partial charge in [0.25, 0.3) is 5.91 Å². The van der Waals surface area contributed by atoms with E-state index in [0.717, 1.165) is 16.7 Å². The molecule has 0 aliphatic rings. The third-order valence-corrected chi connectivity index (χ3v) is 6.15. The molecule has 6 nitrogen and oxygen atoms in total. The van der Waals surface area contributed by atoms with Gasteiger partial charge in [-0.05, 0) is 73.0 Å². The number of amides is 1. The SMILES string of the molecule is CCOc1cc(/C=C(\C#N)C(=O)Nc2ccc(OCc3ccccc3)cc2)cc(Cl)c1OCc1ccc(C)cc1.